The van der Waals surface area contributed by atoms with Crippen LogP contribution in [0.5, 0.6) is 0 Å². The number of fused-ring (bicyclic) bond motifs is 2. The maximum Gasteiger partial charge on any atom is 0.133 e. The van der Waals surface area contributed by atoms with E-state index < -0.39 is 0 Å². The predicted octanol–water partition coefficient (Wildman–Crippen LogP) is 2.98. The van der Waals surface area contributed by atoms with Crippen molar-refractivity contribution in [3.63, 3.8) is 0 Å². The molecule has 0 saturated heterocycles. The molecular weight excluding hydrogens is 218 g/mol. The van der Waals surface area contributed by atoms with E-state index in [0.717, 1.165) is 0 Å². The van der Waals surface area contributed by atoms with Crippen molar-refractivity contribution in [3.05, 3.63) is 53.1 Å². The van der Waals surface area contributed by atoms with Gasteiger partial charge in [0.2, 0.25) is 0 Å². The van der Waals surface area contributed by atoms with Gasteiger partial charge in [0.25, 0.3) is 0 Å². The number of quaternary nitrogens is 1. The zero-order valence-electron chi connectivity index (χ0n) is 11.7. The lowest BCUT2D eigenvalue weighted by atomic mass is 9.65. The van der Waals surface area contributed by atoms with Crippen LogP contribution in [-0.2, 0) is 5.41 Å². The van der Waals surface area contributed by atoms with Crippen LogP contribution in [0.25, 0.3) is 0 Å². The van der Waals surface area contributed by atoms with Crippen LogP contribution >= 0.6 is 0 Å². The van der Waals surface area contributed by atoms with E-state index >= 15 is 0 Å². The molecule has 1 nitrogen and oxygen atoms in total. The molecule has 1 aliphatic heterocycles. The van der Waals surface area contributed by atoms with E-state index in [9.17, 15) is 0 Å². The molecule has 0 aromatic heterocycles. The number of nitrogens with two attached hydrogens (primary N) is 1. The third-order valence-electron chi connectivity index (χ3n) is 4.55. The van der Waals surface area contributed by atoms with Crippen LogP contribution in [0.4, 0.5) is 5.69 Å². The Balaban J connectivity index is 2.15. The summed E-state index contributed by atoms with van der Waals surface area (Å²) in [5, 5.41) is 2.43. The van der Waals surface area contributed by atoms with E-state index in [1.807, 2.05) is 0 Å². The topological polar surface area (TPSA) is 16.6 Å². The molecule has 0 radical (unpaired) electrons. The molecule has 0 amide bonds. The minimum Gasteiger partial charge on any atom is -0.307 e. The molecule has 18 heavy (non-hydrogen) atoms. The molecule has 0 fully saturated rings. The Bertz CT molecular complexity index is 549. The zero-order chi connectivity index (χ0) is 12.9. The highest BCUT2D eigenvalue weighted by molar-refractivity contribution is 5.50. The summed E-state index contributed by atoms with van der Waals surface area (Å²) >= 11 is 0. The average molecular weight is 240 g/mol. The minimum atomic E-state index is 0.215. The average Bonchev–Trinajstić information content (AvgIpc) is 2.32. The Morgan fingerprint density at radius 1 is 1.17 bits per heavy atom. The first-order valence-electron chi connectivity index (χ1n) is 6.81. The van der Waals surface area contributed by atoms with Crippen LogP contribution in [-0.4, -0.2) is 6.04 Å². The number of hydrogen-bond donors (Lipinski definition) is 1. The van der Waals surface area contributed by atoms with Crippen LogP contribution in [0.1, 0.15) is 31.9 Å². The van der Waals surface area contributed by atoms with Gasteiger partial charge in [0.05, 0.1) is 0 Å². The molecule has 1 aliphatic carbocycles. The number of aryl methyl sites for hydroxylation is 1. The van der Waals surface area contributed by atoms with Crippen molar-refractivity contribution in [2.75, 3.05) is 0 Å². The fourth-order valence-corrected chi connectivity index (χ4v) is 3.44. The summed E-state index contributed by atoms with van der Waals surface area (Å²) < 4.78 is 0. The summed E-state index contributed by atoms with van der Waals surface area (Å²) in [6.07, 6.45) is 7.07. The summed E-state index contributed by atoms with van der Waals surface area (Å²) in [6, 6.07) is 7.42. The fourth-order valence-electron chi connectivity index (χ4n) is 3.44. The lowest BCUT2D eigenvalue weighted by Crippen LogP contribution is -2.89. The Morgan fingerprint density at radius 3 is 2.72 bits per heavy atom. The molecule has 3 rings (SSSR count). The Kier molecular flexibility index (Phi) is 2.49. The number of allylic oxidation sites excluding steroid dienone is 2. The molecular formula is C17H22N+. The van der Waals surface area contributed by atoms with Gasteiger partial charge in [-0.25, -0.2) is 0 Å². The molecule has 1 heteroatoms. The van der Waals surface area contributed by atoms with Gasteiger partial charge in [0.1, 0.15) is 11.7 Å². The van der Waals surface area contributed by atoms with Gasteiger partial charge in [0, 0.05) is 16.9 Å². The Hall–Kier alpha value is -1.34. The monoisotopic (exact) mass is 240 g/mol. The lowest BCUT2D eigenvalue weighted by molar-refractivity contribution is -0.613. The summed E-state index contributed by atoms with van der Waals surface area (Å²) in [5.74, 6) is 0.594. The van der Waals surface area contributed by atoms with Crippen molar-refractivity contribution in [3.8, 4) is 0 Å². The summed E-state index contributed by atoms with van der Waals surface area (Å²) in [5.41, 5.74) is 5.90. The van der Waals surface area contributed by atoms with Crippen molar-refractivity contribution in [1.29, 1.82) is 0 Å². The molecule has 2 aliphatic rings. The summed E-state index contributed by atoms with van der Waals surface area (Å²) in [6.45, 7) is 9.16. The smallest absolute Gasteiger partial charge is 0.133 e. The molecule has 0 bridgehead atoms. The van der Waals surface area contributed by atoms with Crippen molar-refractivity contribution >= 4 is 5.69 Å². The van der Waals surface area contributed by atoms with E-state index in [2.05, 4.69) is 69.4 Å². The molecule has 2 unspecified atom stereocenters. The fraction of sp³-hybridized carbons (Fsp3) is 0.412. The van der Waals surface area contributed by atoms with Crippen molar-refractivity contribution in [2.45, 2.75) is 39.2 Å². The molecule has 0 saturated carbocycles. The van der Waals surface area contributed by atoms with E-state index in [1.54, 1.807) is 0 Å². The van der Waals surface area contributed by atoms with Gasteiger partial charge >= 0.3 is 0 Å². The van der Waals surface area contributed by atoms with E-state index in [4.69, 9.17) is 0 Å². The second-order valence-corrected chi connectivity index (χ2v) is 6.35. The number of rotatable bonds is 0. The van der Waals surface area contributed by atoms with Crippen LogP contribution < -0.4 is 5.32 Å². The van der Waals surface area contributed by atoms with Gasteiger partial charge in [-0.1, -0.05) is 43.2 Å². The highest BCUT2D eigenvalue weighted by Gasteiger charge is 2.44. The SMILES string of the molecule is CC1=CC2C(C=C1)[NH2+]c1ccc(C)cc1C2(C)C. The standard InChI is InChI=1S/C17H21N/c1-11-5-7-15-13(9-11)17(3,4)14-10-12(2)6-8-16(14)18-15/h5-10,13,15,18H,1-4H3/p+1. The number of benzene rings is 1. The Labute approximate surface area is 110 Å². The first kappa shape index (κ1) is 11.7. The molecule has 94 valence electrons. The lowest BCUT2D eigenvalue weighted by Gasteiger charge is -2.42. The minimum absolute atomic E-state index is 0.215. The maximum absolute atomic E-state index is 2.45. The molecule has 0 spiro atoms. The maximum atomic E-state index is 2.45. The molecule has 1 aromatic carbocycles. The van der Waals surface area contributed by atoms with Gasteiger partial charge in [-0.05, 0) is 32.1 Å². The normalized spacial score (nSPS) is 28.3. The van der Waals surface area contributed by atoms with Gasteiger partial charge in [0.15, 0.2) is 0 Å². The number of hydrogen-bond acceptors (Lipinski definition) is 0. The van der Waals surface area contributed by atoms with Crippen LogP contribution in [0.3, 0.4) is 0 Å². The van der Waals surface area contributed by atoms with E-state index in [1.165, 1.54) is 22.4 Å². The van der Waals surface area contributed by atoms with Crippen molar-refractivity contribution in [1.82, 2.24) is 0 Å². The van der Waals surface area contributed by atoms with Gasteiger partial charge in [-0.15, -0.1) is 0 Å². The Morgan fingerprint density at radius 2 is 1.94 bits per heavy atom. The largest absolute Gasteiger partial charge is 0.307 e. The molecule has 2 atom stereocenters. The zero-order valence-corrected chi connectivity index (χ0v) is 11.7. The second-order valence-electron chi connectivity index (χ2n) is 6.35. The van der Waals surface area contributed by atoms with E-state index in [-0.39, 0.29) is 5.41 Å². The highest BCUT2D eigenvalue weighted by atomic mass is 15.0. The summed E-state index contributed by atoms with van der Waals surface area (Å²) in [4.78, 5) is 0. The first-order valence-corrected chi connectivity index (χ1v) is 6.81. The van der Waals surface area contributed by atoms with Crippen molar-refractivity contribution < 1.29 is 5.32 Å². The molecule has 1 aromatic rings. The third kappa shape index (κ3) is 1.65. The van der Waals surface area contributed by atoms with Crippen LogP contribution in [0, 0.1) is 12.8 Å². The molecule has 2 N–H and O–H groups in total. The summed E-state index contributed by atoms with van der Waals surface area (Å²) in [7, 11) is 0. The van der Waals surface area contributed by atoms with Gasteiger partial charge < -0.3 is 5.32 Å². The van der Waals surface area contributed by atoms with Gasteiger partial charge in [-0.3, -0.25) is 0 Å². The molecule has 1 heterocycles. The third-order valence-corrected chi connectivity index (χ3v) is 4.55. The van der Waals surface area contributed by atoms with Crippen molar-refractivity contribution in [2.24, 2.45) is 5.92 Å². The predicted molar refractivity (Wildman–Crippen MR) is 76.0 cm³/mol. The highest BCUT2D eigenvalue weighted by Crippen LogP contribution is 2.42. The van der Waals surface area contributed by atoms with Crippen LogP contribution in [0.15, 0.2) is 42.0 Å². The second kappa shape index (κ2) is 3.83. The van der Waals surface area contributed by atoms with Crippen LogP contribution in [0.2, 0.25) is 0 Å². The quantitative estimate of drug-likeness (QED) is 0.671. The first-order chi connectivity index (χ1) is 8.48. The van der Waals surface area contributed by atoms with E-state index in [0.29, 0.717) is 12.0 Å². The van der Waals surface area contributed by atoms with Gasteiger partial charge in [-0.2, -0.15) is 0 Å².